The Morgan fingerprint density at radius 3 is 2.05 bits per heavy atom. The summed E-state index contributed by atoms with van der Waals surface area (Å²) in [6.45, 7) is 10.1. The summed E-state index contributed by atoms with van der Waals surface area (Å²) >= 11 is 1.32. The second-order valence-electron chi connectivity index (χ2n) is 6.15. The number of sulfone groups is 1. The molecule has 1 aromatic heterocycles. The van der Waals surface area contributed by atoms with E-state index >= 15 is 0 Å². The number of benzene rings is 1. The Morgan fingerprint density at radius 2 is 1.55 bits per heavy atom. The van der Waals surface area contributed by atoms with Gasteiger partial charge in [0.25, 0.3) is 0 Å². The predicted octanol–water partition coefficient (Wildman–Crippen LogP) is 4.50. The smallest absolute Gasteiger partial charge is 0.216 e. The summed E-state index contributed by atoms with van der Waals surface area (Å²) in [5.74, 6) is 0. The molecule has 2 rings (SSSR count). The van der Waals surface area contributed by atoms with Crippen molar-refractivity contribution < 1.29 is 8.42 Å². The highest BCUT2D eigenvalue weighted by Gasteiger charge is 2.30. The van der Waals surface area contributed by atoms with E-state index in [1.165, 1.54) is 11.3 Å². The Balaban J connectivity index is 2.65. The first-order valence-corrected chi connectivity index (χ1v) is 8.90. The number of hydrogen-bond acceptors (Lipinski definition) is 3. The average Bonchev–Trinajstić information content (AvgIpc) is 2.72. The minimum atomic E-state index is -3.43. The molecule has 4 heteroatoms. The molecule has 0 radical (unpaired) electrons. The maximum atomic E-state index is 12.8. The molecule has 0 amide bonds. The fraction of sp³-hybridized carbons (Fsp3) is 0.375. The van der Waals surface area contributed by atoms with Crippen LogP contribution in [0.15, 0.2) is 38.8 Å². The van der Waals surface area contributed by atoms with Gasteiger partial charge in [-0.15, -0.1) is 11.3 Å². The van der Waals surface area contributed by atoms with Crippen molar-refractivity contribution in [3.05, 3.63) is 46.3 Å². The first-order chi connectivity index (χ1) is 9.14. The number of rotatable bonds is 2. The van der Waals surface area contributed by atoms with Gasteiger partial charge in [0.2, 0.25) is 9.84 Å². The molecule has 1 aromatic carbocycles. The third kappa shape index (κ3) is 2.67. The lowest BCUT2D eigenvalue weighted by Gasteiger charge is -2.21. The van der Waals surface area contributed by atoms with E-state index in [0.29, 0.717) is 9.10 Å². The van der Waals surface area contributed by atoms with Crippen LogP contribution in [0, 0.1) is 13.8 Å². The molecule has 0 N–H and O–H groups in total. The number of thiophene rings is 1. The van der Waals surface area contributed by atoms with Gasteiger partial charge < -0.3 is 0 Å². The lowest BCUT2D eigenvalue weighted by atomic mass is 9.87. The largest absolute Gasteiger partial charge is 0.218 e. The molecule has 0 aliphatic heterocycles. The molecule has 108 valence electrons. The fourth-order valence-electron chi connectivity index (χ4n) is 2.34. The molecule has 0 saturated carbocycles. The van der Waals surface area contributed by atoms with Gasteiger partial charge in [0, 0.05) is 0 Å². The van der Waals surface area contributed by atoms with Crippen LogP contribution in [0.4, 0.5) is 0 Å². The molecule has 0 atom stereocenters. The van der Waals surface area contributed by atoms with Gasteiger partial charge in [0.1, 0.15) is 4.21 Å². The Kier molecular flexibility index (Phi) is 3.82. The maximum absolute atomic E-state index is 12.8. The van der Waals surface area contributed by atoms with E-state index in [-0.39, 0.29) is 5.41 Å². The SMILES string of the molecule is Cc1ccc(S(=O)(=O)c2scc(C)c2C(C)(C)C)cc1. The van der Waals surface area contributed by atoms with Crippen LogP contribution in [0.2, 0.25) is 0 Å². The van der Waals surface area contributed by atoms with Crippen molar-refractivity contribution in [3.63, 3.8) is 0 Å². The van der Waals surface area contributed by atoms with Crippen LogP contribution in [0.25, 0.3) is 0 Å². The van der Waals surface area contributed by atoms with E-state index in [0.717, 1.165) is 16.7 Å². The third-order valence-corrected chi connectivity index (χ3v) is 6.69. The summed E-state index contributed by atoms with van der Waals surface area (Å²) in [7, 11) is -3.43. The highest BCUT2D eigenvalue weighted by atomic mass is 32.2. The van der Waals surface area contributed by atoms with Gasteiger partial charge in [0.05, 0.1) is 4.90 Å². The quantitative estimate of drug-likeness (QED) is 0.819. The Bertz CT molecular complexity index is 715. The normalized spacial score (nSPS) is 12.7. The minimum Gasteiger partial charge on any atom is -0.218 e. The zero-order chi connectivity index (χ0) is 15.1. The zero-order valence-corrected chi connectivity index (χ0v) is 14.2. The third-order valence-electron chi connectivity index (χ3n) is 3.27. The van der Waals surface area contributed by atoms with Crippen LogP contribution in [-0.2, 0) is 15.3 Å². The molecule has 0 bridgehead atoms. The highest BCUT2D eigenvalue weighted by Crippen LogP contribution is 2.38. The average molecular weight is 308 g/mol. The van der Waals surface area contributed by atoms with Crippen molar-refractivity contribution in [3.8, 4) is 0 Å². The molecule has 1 heterocycles. The zero-order valence-electron chi connectivity index (χ0n) is 12.5. The molecule has 0 aliphatic carbocycles. The Labute approximate surface area is 125 Å². The second kappa shape index (κ2) is 5.01. The van der Waals surface area contributed by atoms with E-state index in [1.54, 1.807) is 12.1 Å². The number of hydrogen-bond donors (Lipinski definition) is 0. The predicted molar refractivity (Wildman–Crippen MR) is 84.4 cm³/mol. The molecular formula is C16H20O2S2. The summed E-state index contributed by atoms with van der Waals surface area (Å²) < 4.78 is 26.2. The first kappa shape index (κ1) is 15.3. The van der Waals surface area contributed by atoms with Crippen molar-refractivity contribution in [2.45, 2.75) is 49.1 Å². The van der Waals surface area contributed by atoms with Crippen LogP contribution in [0.3, 0.4) is 0 Å². The van der Waals surface area contributed by atoms with Crippen LogP contribution < -0.4 is 0 Å². The van der Waals surface area contributed by atoms with E-state index in [2.05, 4.69) is 20.8 Å². The molecule has 0 saturated heterocycles. The summed E-state index contributed by atoms with van der Waals surface area (Å²) in [6.07, 6.45) is 0. The van der Waals surface area contributed by atoms with Gasteiger partial charge in [-0.05, 0) is 47.9 Å². The van der Waals surface area contributed by atoms with Crippen molar-refractivity contribution in [1.29, 1.82) is 0 Å². The van der Waals surface area contributed by atoms with Crippen LogP contribution >= 0.6 is 11.3 Å². The lowest BCUT2D eigenvalue weighted by Crippen LogP contribution is -2.16. The van der Waals surface area contributed by atoms with Gasteiger partial charge in [-0.2, -0.15) is 0 Å². The lowest BCUT2D eigenvalue weighted by molar-refractivity contribution is 0.565. The summed E-state index contributed by atoms with van der Waals surface area (Å²) in [4.78, 5) is 0.371. The van der Waals surface area contributed by atoms with E-state index in [9.17, 15) is 8.42 Å². The molecule has 0 unspecified atom stereocenters. The molecule has 0 spiro atoms. The second-order valence-corrected chi connectivity index (χ2v) is 9.17. The van der Waals surface area contributed by atoms with Crippen molar-refractivity contribution in [2.24, 2.45) is 0 Å². The molecule has 0 fully saturated rings. The minimum absolute atomic E-state index is 0.183. The van der Waals surface area contributed by atoms with E-state index in [4.69, 9.17) is 0 Å². The first-order valence-electron chi connectivity index (χ1n) is 6.54. The summed E-state index contributed by atoms with van der Waals surface area (Å²) in [5.41, 5.74) is 2.86. The summed E-state index contributed by atoms with van der Waals surface area (Å²) in [6, 6.07) is 7.05. The Morgan fingerprint density at radius 1 is 1.00 bits per heavy atom. The highest BCUT2D eigenvalue weighted by molar-refractivity contribution is 7.93. The molecular weight excluding hydrogens is 288 g/mol. The molecule has 2 nitrogen and oxygen atoms in total. The van der Waals surface area contributed by atoms with E-state index in [1.807, 2.05) is 31.4 Å². The van der Waals surface area contributed by atoms with Crippen molar-refractivity contribution in [2.75, 3.05) is 0 Å². The van der Waals surface area contributed by atoms with Crippen molar-refractivity contribution in [1.82, 2.24) is 0 Å². The topological polar surface area (TPSA) is 34.1 Å². The fourth-order valence-corrected chi connectivity index (χ4v) is 5.71. The maximum Gasteiger partial charge on any atom is 0.216 e. The van der Waals surface area contributed by atoms with Crippen LogP contribution in [0.5, 0.6) is 0 Å². The van der Waals surface area contributed by atoms with E-state index < -0.39 is 9.84 Å². The molecule has 2 aromatic rings. The van der Waals surface area contributed by atoms with Gasteiger partial charge in [-0.1, -0.05) is 38.5 Å². The van der Waals surface area contributed by atoms with Crippen LogP contribution in [0.1, 0.15) is 37.5 Å². The van der Waals surface area contributed by atoms with Gasteiger partial charge in [-0.25, -0.2) is 8.42 Å². The standard InChI is InChI=1S/C16H20O2S2/c1-11-6-8-13(9-7-11)20(17,18)15-14(16(3,4)5)12(2)10-19-15/h6-10H,1-5H3. The molecule has 0 aliphatic rings. The molecule has 20 heavy (non-hydrogen) atoms. The Hall–Kier alpha value is -1.13. The van der Waals surface area contributed by atoms with Crippen LogP contribution in [-0.4, -0.2) is 8.42 Å². The van der Waals surface area contributed by atoms with Gasteiger partial charge >= 0.3 is 0 Å². The monoisotopic (exact) mass is 308 g/mol. The van der Waals surface area contributed by atoms with Gasteiger partial charge in [-0.3, -0.25) is 0 Å². The van der Waals surface area contributed by atoms with Crippen molar-refractivity contribution >= 4 is 21.2 Å². The summed E-state index contributed by atoms with van der Waals surface area (Å²) in [5, 5.41) is 1.93. The number of aryl methyl sites for hydroxylation is 2. The van der Waals surface area contributed by atoms with Gasteiger partial charge in [0.15, 0.2) is 0 Å².